The quantitative estimate of drug-likeness (QED) is 0.662. The number of hydrogen-bond acceptors (Lipinski definition) is 0. The molecule has 0 N–H and O–H groups in total. The number of rotatable bonds is 3. The van der Waals surface area contributed by atoms with Gasteiger partial charge in [-0.15, -0.1) is 0 Å². The van der Waals surface area contributed by atoms with Crippen molar-refractivity contribution in [3.8, 4) is 0 Å². The highest BCUT2D eigenvalue weighted by atomic mass is 14.1. The lowest BCUT2D eigenvalue weighted by molar-refractivity contribution is 1.44. The van der Waals surface area contributed by atoms with Crippen molar-refractivity contribution in [1.29, 1.82) is 0 Å². The number of benzene rings is 2. The van der Waals surface area contributed by atoms with Gasteiger partial charge in [0.15, 0.2) is 0 Å². The predicted octanol–water partition coefficient (Wildman–Crippen LogP) is 4.61. The third-order valence-corrected chi connectivity index (χ3v) is 2.73. The van der Waals surface area contributed by atoms with Gasteiger partial charge in [-0.3, -0.25) is 0 Å². The third-order valence-electron chi connectivity index (χ3n) is 2.73. The van der Waals surface area contributed by atoms with Crippen LogP contribution in [-0.2, 0) is 0 Å². The monoisotopic (exact) mass is 220 g/mol. The van der Waals surface area contributed by atoms with Gasteiger partial charge in [-0.05, 0) is 23.6 Å². The molecule has 0 aliphatic rings. The molecule has 0 aromatic heterocycles. The minimum Gasteiger partial charge on any atom is -0.0990 e. The molecular weight excluding hydrogens is 204 g/mol. The maximum absolute atomic E-state index is 3.79. The minimum absolute atomic E-state index is 1.21. The normalized spacial score (nSPS) is 11.2. The van der Waals surface area contributed by atoms with E-state index in [1.54, 1.807) is 0 Å². The molecule has 17 heavy (non-hydrogen) atoms. The Balaban J connectivity index is 2.47. The van der Waals surface area contributed by atoms with Crippen LogP contribution in [0.25, 0.3) is 5.57 Å². The van der Waals surface area contributed by atoms with Gasteiger partial charge in [-0.1, -0.05) is 78.9 Å². The summed E-state index contributed by atoms with van der Waals surface area (Å²) in [6.07, 6.45) is 3.89. The van der Waals surface area contributed by atoms with Crippen LogP contribution in [0.3, 0.4) is 0 Å². The molecule has 0 spiro atoms. The number of allylic oxidation sites excluding steroid dienone is 2. The fraction of sp³-hybridized carbons (Fsp3) is 0.0588. The Kier molecular flexibility index (Phi) is 3.56. The Hall–Kier alpha value is -2.08. The van der Waals surface area contributed by atoms with Gasteiger partial charge in [-0.2, -0.15) is 0 Å². The molecule has 0 fully saturated rings. The molecule has 0 atom stereocenters. The molecule has 0 aliphatic carbocycles. The van der Waals surface area contributed by atoms with Gasteiger partial charge in [0.1, 0.15) is 0 Å². The molecular formula is C17H16. The van der Waals surface area contributed by atoms with Crippen LogP contribution in [0, 0.1) is 6.92 Å². The Morgan fingerprint density at radius 1 is 0.882 bits per heavy atom. The molecule has 84 valence electrons. The topological polar surface area (TPSA) is 0 Å². The van der Waals surface area contributed by atoms with Crippen molar-refractivity contribution in [2.75, 3.05) is 0 Å². The van der Waals surface area contributed by atoms with Crippen molar-refractivity contribution in [2.24, 2.45) is 0 Å². The van der Waals surface area contributed by atoms with Crippen molar-refractivity contribution in [2.45, 2.75) is 6.92 Å². The molecule has 2 rings (SSSR count). The van der Waals surface area contributed by atoms with E-state index in [-0.39, 0.29) is 0 Å². The molecule has 0 heteroatoms. The van der Waals surface area contributed by atoms with Crippen LogP contribution >= 0.6 is 0 Å². The summed E-state index contributed by atoms with van der Waals surface area (Å²) in [5.41, 5.74) is 4.93. The van der Waals surface area contributed by atoms with Crippen LogP contribution in [0.15, 0.2) is 73.3 Å². The fourth-order valence-corrected chi connectivity index (χ4v) is 1.83. The molecule has 0 amide bonds. The second kappa shape index (κ2) is 5.31. The first-order valence-electron chi connectivity index (χ1n) is 5.76. The standard InChI is InChI=1S/C17H16/c1-3-7-17(15-8-5-4-6-9-15)16-12-10-14(2)11-13-16/h3-13H,1H2,2H3/b17-7+. The second-order valence-corrected chi connectivity index (χ2v) is 4.05. The van der Waals surface area contributed by atoms with E-state index in [1.165, 1.54) is 22.3 Å². The lowest BCUT2D eigenvalue weighted by Crippen LogP contribution is -1.87. The average Bonchev–Trinajstić information content (AvgIpc) is 2.38. The highest BCUT2D eigenvalue weighted by Gasteiger charge is 2.02. The lowest BCUT2D eigenvalue weighted by Gasteiger charge is -2.08. The van der Waals surface area contributed by atoms with E-state index in [4.69, 9.17) is 0 Å². The zero-order chi connectivity index (χ0) is 12.1. The summed E-state index contributed by atoms with van der Waals surface area (Å²) < 4.78 is 0. The smallest absolute Gasteiger partial charge is 0.0112 e. The van der Waals surface area contributed by atoms with Gasteiger partial charge in [0.25, 0.3) is 0 Å². The van der Waals surface area contributed by atoms with Crippen LogP contribution in [0.2, 0.25) is 0 Å². The summed E-state index contributed by atoms with van der Waals surface area (Å²) in [5.74, 6) is 0. The van der Waals surface area contributed by atoms with Crippen LogP contribution in [0.5, 0.6) is 0 Å². The van der Waals surface area contributed by atoms with Crippen molar-refractivity contribution >= 4 is 5.57 Å². The third kappa shape index (κ3) is 2.73. The van der Waals surface area contributed by atoms with Crippen molar-refractivity contribution in [1.82, 2.24) is 0 Å². The zero-order valence-electron chi connectivity index (χ0n) is 10.1. The maximum atomic E-state index is 3.79. The zero-order valence-corrected chi connectivity index (χ0v) is 10.1. The fourth-order valence-electron chi connectivity index (χ4n) is 1.83. The molecule has 0 aliphatic heterocycles. The first-order valence-corrected chi connectivity index (χ1v) is 5.76. The molecule has 0 radical (unpaired) electrons. The Morgan fingerprint density at radius 3 is 2.06 bits per heavy atom. The first kappa shape index (κ1) is 11.4. The predicted molar refractivity (Wildman–Crippen MR) is 74.9 cm³/mol. The van der Waals surface area contributed by atoms with E-state index < -0.39 is 0 Å². The lowest BCUT2D eigenvalue weighted by atomic mass is 9.97. The van der Waals surface area contributed by atoms with Crippen LogP contribution in [-0.4, -0.2) is 0 Å². The summed E-state index contributed by atoms with van der Waals surface area (Å²) in [4.78, 5) is 0. The Labute approximate surface area is 103 Å². The largest absolute Gasteiger partial charge is 0.0990 e. The molecule has 0 nitrogen and oxygen atoms in total. The Bertz CT molecular complexity index is 516. The second-order valence-electron chi connectivity index (χ2n) is 4.05. The van der Waals surface area contributed by atoms with Gasteiger partial charge in [0.2, 0.25) is 0 Å². The van der Waals surface area contributed by atoms with Gasteiger partial charge in [-0.25, -0.2) is 0 Å². The van der Waals surface area contributed by atoms with Gasteiger partial charge in [0, 0.05) is 0 Å². The van der Waals surface area contributed by atoms with Crippen LogP contribution in [0.1, 0.15) is 16.7 Å². The van der Waals surface area contributed by atoms with E-state index in [1.807, 2.05) is 12.1 Å². The van der Waals surface area contributed by atoms with E-state index in [0.29, 0.717) is 0 Å². The molecule has 2 aromatic rings. The van der Waals surface area contributed by atoms with Crippen molar-refractivity contribution < 1.29 is 0 Å². The average molecular weight is 220 g/mol. The molecule has 2 aromatic carbocycles. The number of hydrogen-bond donors (Lipinski definition) is 0. The van der Waals surface area contributed by atoms with Crippen LogP contribution in [0.4, 0.5) is 0 Å². The summed E-state index contributed by atoms with van der Waals surface area (Å²) >= 11 is 0. The van der Waals surface area contributed by atoms with Crippen molar-refractivity contribution in [3.63, 3.8) is 0 Å². The van der Waals surface area contributed by atoms with Gasteiger partial charge >= 0.3 is 0 Å². The molecule has 0 bridgehead atoms. The number of aryl methyl sites for hydroxylation is 1. The first-order chi connectivity index (χ1) is 8.31. The summed E-state index contributed by atoms with van der Waals surface area (Å²) in [5, 5.41) is 0. The summed E-state index contributed by atoms with van der Waals surface area (Å²) in [6.45, 7) is 5.89. The summed E-state index contributed by atoms with van der Waals surface area (Å²) in [7, 11) is 0. The van der Waals surface area contributed by atoms with E-state index >= 15 is 0 Å². The Morgan fingerprint density at radius 2 is 1.47 bits per heavy atom. The van der Waals surface area contributed by atoms with Gasteiger partial charge < -0.3 is 0 Å². The van der Waals surface area contributed by atoms with Crippen LogP contribution < -0.4 is 0 Å². The maximum Gasteiger partial charge on any atom is -0.0112 e. The highest BCUT2D eigenvalue weighted by molar-refractivity contribution is 5.80. The van der Waals surface area contributed by atoms with E-state index in [0.717, 1.165) is 0 Å². The van der Waals surface area contributed by atoms with Crippen molar-refractivity contribution in [3.05, 3.63) is 90.0 Å². The van der Waals surface area contributed by atoms with E-state index in [9.17, 15) is 0 Å². The molecule has 0 saturated heterocycles. The minimum atomic E-state index is 1.21. The highest BCUT2D eigenvalue weighted by Crippen LogP contribution is 2.23. The molecule has 0 heterocycles. The summed E-state index contributed by atoms with van der Waals surface area (Å²) in [6, 6.07) is 19.0. The molecule has 0 saturated carbocycles. The molecule has 0 unspecified atom stereocenters. The van der Waals surface area contributed by atoms with E-state index in [2.05, 4.69) is 68.1 Å². The SMILES string of the molecule is C=C/C=C(\c1ccccc1)c1ccc(C)cc1. The van der Waals surface area contributed by atoms with Gasteiger partial charge in [0.05, 0.1) is 0 Å².